The zero-order chi connectivity index (χ0) is 13.3. The minimum atomic E-state index is 0.622. The van der Waals surface area contributed by atoms with Crippen LogP contribution < -0.4 is 21.1 Å². The highest BCUT2D eigenvalue weighted by atomic mass is 32.1. The Morgan fingerprint density at radius 1 is 1.21 bits per heavy atom. The number of hydrazine groups is 1. The quantitative estimate of drug-likeness (QED) is 0.429. The molecule has 6 heteroatoms. The van der Waals surface area contributed by atoms with Crippen molar-refractivity contribution in [1.29, 1.82) is 0 Å². The Hall–Kier alpha value is -1.37. The van der Waals surface area contributed by atoms with E-state index in [0.29, 0.717) is 5.11 Å². The van der Waals surface area contributed by atoms with E-state index in [9.17, 15) is 0 Å². The second kappa shape index (κ2) is 7.93. The van der Waals surface area contributed by atoms with E-state index in [4.69, 9.17) is 17.0 Å². The molecular formula is C13H21N4OS+. The Labute approximate surface area is 119 Å². The molecule has 0 bridgehead atoms. The molecule has 1 aromatic rings. The van der Waals surface area contributed by atoms with E-state index in [1.165, 1.54) is 0 Å². The predicted molar refractivity (Wildman–Crippen MR) is 80.2 cm³/mol. The number of ether oxygens (including phenoxy) is 1. The molecule has 1 aliphatic heterocycles. The SMILES string of the molecule is S=C(NCC[NH+]1CCOCC1)NNc1ccccc1. The lowest BCUT2D eigenvalue weighted by Crippen LogP contribution is -3.14. The summed E-state index contributed by atoms with van der Waals surface area (Å²) in [5.74, 6) is 0. The summed E-state index contributed by atoms with van der Waals surface area (Å²) < 4.78 is 5.33. The van der Waals surface area contributed by atoms with Crippen molar-refractivity contribution in [1.82, 2.24) is 10.7 Å². The zero-order valence-electron chi connectivity index (χ0n) is 10.9. The van der Waals surface area contributed by atoms with Crippen LogP contribution in [0.2, 0.25) is 0 Å². The molecule has 19 heavy (non-hydrogen) atoms. The van der Waals surface area contributed by atoms with Crippen molar-refractivity contribution in [2.24, 2.45) is 0 Å². The van der Waals surface area contributed by atoms with Crippen LogP contribution in [0.15, 0.2) is 30.3 Å². The molecule has 4 N–H and O–H groups in total. The second-order valence-corrected chi connectivity index (χ2v) is 4.89. The van der Waals surface area contributed by atoms with Crippen LogP contribution in [0.5, 0.6) is 0 Å². The standard InChI is InChI=1S/C13H20N4OS/c19-13(16-15-12-4-2-1-3-5-12)14-6-7-17-8-10-18-11-9-17/h1-5,15H,6-11H2,(H2,14,16,19)/p+1. The first kappa shape index (κ1) is 14.0. The Morgan fingerprint density at radius 3 is 2.68 bits per heavy atom. The van der Waals surface area contributed by atoms with Gasteiger partial charge in [-0.05, 0) is 24.4 Å². The number of rotatable bonds is 5. The van der Waals surface area contributed by atoms with Crippen LogP contribution >= 0.6 is 12.2 Å². The minimum Gasteiger partial charge on any atom is -0.370 e. The van der Waals surface area contributed by atoms with E-state index >= 15 is 0 Å². The van der Waals surface area contributed by atoms with Crippen molar-refractivity contribution in [2.45, 2.75) is 0 Å². The third-order valence-corrected chi connectivity index (χ3v) is 3.30. The minimum absolute atomic E-state index is 0.622. The molecule has 0 saturated carbocycles. The number of morpholine rings is 1. The molecule has 0 radical (unpaired) electrons. The number of anilines is 1. The molecule has 1 fully saturated rings. The topological polar surface area (TPSA) is 49.8 Å². The maximum atomic E-state index is 5.33. The van der Waals surface area contributed by atoms with E-state index in [-0.39, 0.29) is 0 Å². The third-order valence-electron chi connectivity index (χ3n) is 3.06. The van der Waals surface area contributed by atoms with Crippen molar-refractivity contribution in [3.05, 3.63) is 30.3 Å². The summed E-state index contributed by atoms with van der Waals surface area (Å²) in [6.07, 6.45) is 0. The van der Waals surface area contributed by atoms with Crippen molar-refractivity contribution in [3.8, 4) is 0 Å². The van der Waals surface area contributed by atoms with Gasteiger partial charge in [0.2, 0.25) is 0 Å². The summed E-state index contributed by atoms with van der Waals surface area (Å²) in [5.41, 5.74) is 7.02. The molecule has 1 saturated heterocycles. The van der Waals surface area contributed by atoms with E-state index in [1.54, 1.807) is 4.90 Å². The van der Waals surface area contributed by atoms with Gasteiger partial charge in [-0.2, -0.15) is 0 Å². The Morgan fingerprint density at radius 2 is 1.95 bits per heavy atom. The van der Waals surface area contributed by atoms with E-state index in [2.05, 4.69) is 16.2 Å². The molecule has 0 aromatic heterocycles. The number of benzene rings is 1. The van der Waals surface area contributed by atoms with Crippen molar-refractivity contribution in [3.63, 3.8) is 0 Å². The highest BCUT2D eigenvalue weighted by Crippen LogP contribution is 2.02. The molecule has 0 atom stereocenters. The average molecular weight is 281 g/mol. The Bertz CT molecular complexity index is 381. The van der Waals surface area contributed by atoms with E-state index in [1.807, 2.05) is 30.3 Å². The molecule has 0 spiro atoms. The van der Waals surface area contributed by atoms with Crippen LogP contribution in [0.3, 0.4) is 0 Å². The second-order valence-electron chi connectivity index (χ2n) is 4.48. The van der Waals surface area contributed by atoms with Crippen molar-refractivity contribution < 1.29 is 9.64 Å². The maximum absolute atomic E-state index is 5.33. The van der Waals surface area contributed by atoms with E-state index < -0.39 is 0 Å². The molecule has 0 unspecified atom stereocenters. The maximum Gasteiger partial charge on any atom is 0.185 e. The monoisotopic (exact) mass is 281 g/mol. The van der Waals surface area contributed by atoms with Crippen LogP contribution in [-0.4, -0.2) is 44.5 Å². The molecule has 1 aromatic carbocycles. The van der Waals surface area contributed by atoms with Gasteiger partial charge in [-0.25, -0.2) is 0 Å². The van der Waals surface area contributed by atoms with Gasteiger partial charge in [-0.3, -0.25) is 10.9 Å². The lowest BCUT2D eigenvalue weighted by atomic mass is 10.3. The van der Waals surface area contributed by atoms with Gasteiger partial charge in [0.05, 0.1) is 32.0 Å². The van der Waals surface area contributed by atoms with Gasteiger partial charge in [0.15, 0.2) is 5.11 Å². The smallest absolute Gasteiger partial charge is 0.185 e. The van der Waals surface area contributed by atoms with Gasteiger partial charge in [0.25, 0.3) is 0 Å². The fraction of sp³-hybridized carbons (Fsp3) is 0.462. The van der Waals surface area contributed by atoms with Crippen LogP contribution in [0.1, 0.15) is 0 Å². The number of quaternary nitrogens is 1. The number of hydrogen-bond acceptors (Lipinski definition) is 3. The molecule has 2 rings (SSSR count). The Balaban J connectivity index is 1.57. The summed E-state index contributed by atoms with van der Waals surface area (Å²) in [6.45, 7) is 5.85. The molecule has 5 nitrogen and oxygen atoms in total. The first-order chi connectivity index (χ1) is 9.34. The van der Waals surface area contributed by atoms with Crippen LogP contribution in [0.25, 0.3) is 0 Å². The van der Waals surface area contributed by atoms with Crippen molar-refractivity contribution >= 4 is 23.0 Å². The summed E-state index contributed by atoms with van der Waals surface area (Å²) in [7, 11) is 0. The van der Waals surface area contributed by atoms with Gasteiger partial charge in [-0.1, -0.05) is 18.2 Å². The number of hydrogen-bond donors (Lipinski definition) is 4. The first-order valence-electron chi connectivity index (χ1n) is 6.61. The van der Waals surface area contributed by atoms with Gasteiger partial charge in [0.1, 0.15) is 13.1 Å². The highest BCUT2D eigenvalue weighted by molar-refractivity contribution is 7.80. The molecular weight excluding hydrogens is 260 g/mol. The molecule has 1 heterocycles. The average Bonchev–Trinajstić information content (AvgIpc) is 2.47. The van der Waals surface area contributed by atoms with Gasteiger partial charge in [0, 0.05) is 0 Å². The van der Waals surface area contributed by atoms with Crippen LogP contribution in [-0.2, 0) is 4.74 Å². The van der Waals surface area contributed by atoms with Gasteiger partial charge < -0.3 is 15.0 Å². The van der Waals surface area contributed by atoms with Crippen LogP contribution in [0.4, 0.5) is 5.69 Å². The number of nitrogens with one attached hydrogen (secondary N) is 4. The van der Waals surface area contributed by atoms with Crippen molar-refractivity contribution in [2.75, 3.05) is 44.8 Å². The Kier molecular flexibility index (Phi) is 5.87. The number of thiocarbonyl (C=S) groups is 1. The fourth-order valence-electron chi connectivity index (χ4n) is 1.96. The number of para-hydroxylation sites is 1. The zero-order valence-corrected chi connectivity index (χ0v) is 11.8. The lowest BCUT2D eigenvalue weighted by Gasteiger charge is -2.24. The van der Waals surface area contributed by atoms with E-state index in [0.717, 1.165) is 45.1 Å². The van der Waals surface area contributed by atoms with Gasteiger partial charge in [-0.15, -0.1) is 0 Å². The first-order valence-corrected chi connectivity index (χ1v) is 7.01. The normalized spacial score (nSPS) is 15.8. The summed E-state index contributed by atoms with van der Waals surface area (Å²) >= 11 is 5.20. The fourth-order valence-corrected chi connectivity index (χ4v) is 2.11. The molecule has 0 amide bonds. The predicted octanol–water partition coefficient (Wildman–Crippen LogP) is -0.607. The largest absolute Gasteiger partial charge is 0.370 e. The molecule has 0 aliphatic carbocycles. The summed E-state index contributed by atoms with van der Waals surface area (Å²) in [5, 5.41) is 3.82. The lowest BCUT2D eigenvalue weighted by molar-refractivity contribution is -0.906. The molecule has 1 aliphatic rings. The third kappa shape index (κ3) is 5.42. The summed E-state index contributed by atoms with van der Waals surface area (Å²) in [4.78, 5) is 1.57. The van der Waals surface area contributed by atoms with Gasteiger partial charge >= 0.3 is 0 Å². The summed E-state index contributed by atoms with van der Waals surface area (Å²) in [6, 6.07) is 9.89. The van der Waals surface area contributed by atoms with Crippen LogP contribution in [0, 0.1) is 0 Å². The molecule has 104 valence electrons. The highest BCUT2D eigenvalue weighted by Gasteiger charge is 2.12.